The number of carbonyl (C=O) groups is 3. The van der Waals surface area contributed by atoms with Crippen LogP contribution in [0.3, 0.4) is 0 Å². The summed E-state index contributed by atoms with van der Waals surface area (Å²) in [5, 5.41) is 2.90. The lowest BCUT2D eigenvalue weighted by Crippen LogP contribution is -2.49. The number of piperidine rings is 1. The Hall–Kier alpha value is -4.27. The van der Waals surface area contributed by atoms with Gasteiger partial charge in [-0.15, -0.1) is 0 Å². The molecule has 2 amide bonds. The summed E-state index contributed by atoms with van der Waals surface area (Å²) < 4.78 is 35.3. The fourth-order valence-electron chi connectivity index (χ4n) is 6.20. The summed E-state index contributed by atoms with van der Waals surface area (Å²) in [5.41, 5.74) is 1.49. The van der Waals surface area contributed by atoms with Crippen molar-refractivity contribution in [1.29, 1.82) is 0 Å². The summed E-state index contributed by atoms with van der Waals surface area (Å²) in [6, 6.07) is 22.8. The predicted octanol–water partition coefficient (Wildman–Crippen LogP) is 5.05. The Morgan fingerprint density at radius 2 is 1.56 bits per heavy atom. The first-order chi connectivity index (χ1) is 19.8. The minimum Gasteiger partial charge on any atom is -0.468 e. The Kier molecular flexibility index (Phi) is 8.33. The molecule has 0 spiro atoms. The lowest BCUT2D eigenvalue weighted by molar-refractivity contribution is -0.147. The van der Waals surface area contributed by atoms with Crippen LogP contribution in [0.1, 0.15) is 58.6 Å². The fraction of sp³-hybridized carbons (Fsp3) is 0.344. The molecular formula is C32H32F2N2O5. The minimum absolute atomic E-state index is 0.00978. The Morgan fingerprint density at radius 1 is 0.902 bits per heavy atom. The molecular weight excluding hydrogens is 530 g/mol. The molecule has 1 heterocycles. The quantitative estimate of drug-likeness (QED) is 0.408. The number of halogens is 2. The van der Waals surface area contributed by atoms with Crippen molar-refractivity contribution in [3.8, 4) is 5.75 Å². The Labute approximate surface area is 237 Å². The van der Waals surface area contributed by atoms with Gasteiger partial charge in [0.2, 0.25) is 5.91 Å². The van der Waals surface area contributed by atoms with Gasteiger partial charge in [-0.1, -0.05) is 66.7 Å². The normalized spacial score (nSPS) is 20.7. The van der Waals surface area contributed by atoms with E-state index >= 15 is 0 Å². The summed E-state index contributed by atoms with van der Waals surface area (Å²) in [6.45, 7) is -2.15. The molecule has 0 aromatic heterocycles. The van der Waals surface area contributed by atoms with Gasteiger partial charge in [0.25, 0.3) is 5.91 Å². The number of methoxy groups -OCH3 is 1. The van der Waals surface area contributed by atoms with Crippen LogP contribution in [-0.4, -0.2) is 55.5 Å². The maximum atomic E-state index is 13.8. The summed E-state index contributed by atoms with van der Waals surface area (Å²) in [5.74, 6) is -1.44. The summed E-state index contributed by atoms with van der Waals surface area (Å²) in [6.07, 6.45) is 1.97. The third-order valence-corrected chi connectivity index (χ3v) is 8.19. The number of carbonyl (C=O) groups excluding carboxylic acids is 3. The highest BCUT2D eigenvalue weighted by Gasteiger charge is 2.49. The maximum Gasteiger partial charge on any atom is 0.387 e. The smallest absolute Gasteiger partial charge is 0.387 e. The lowest BCUT2D eigenvalue weighted by Gasteiger charge is -2.42. The topological polar surface area (TPSA) is 84.9 Å². The Morgan fingerprint density at radius 3 is 2.27 bits per heavy atom. The van der Waals surface area contributed by atoms with Crippen LogP contribution < -0.4 is 10.1 Å². The molecule has 1 aliphatic carbocycles. The van der Waals surface area contributed by atoms with Gasteiger partial charge < -0.3 is 19.7 Å². The van der Waals surface area contributed by atoms with E-state index in [2.05, 4.69) is 10.1 Å². The highest BCUT2D eigenvalue weighted by molar-refractivity contribution is 5.97. The monoisotopic (exact) mass is 562 g/mol. The Balaban J connectivity index is 1.30. The van der Waals surface area contributed by atoms with Crippen LogP contribution in [0.25, 0.3) is 0 Å². The molecule has 0 bridgehead atoms. The predicted molar refractivity (Wildman–Crippen MR) is 148 cm³/mol. The molecule has 1 fully saturated rings. The van der Waals surface area contributed by atoms with Crippen LogP contribution in [0.5, 0.6) is 5.75 Å². The molecule has 1 N–H and O–H groups in total. The minimum atomic E-state index is -3.03. The largest absolute Gasteiger partial charge is 0.468 e. The number of hydrogen-bond acceptors (Lipinski definition) is 5. The van der Waals surface area contributed by atoms with Crippen molar-refractivity contribution in [2.45, 2.75) is 49.7 Å². The molecule has 3 aromatic rings. The van der Waals surface area contributed by atoms with Crippen molar-refractivity contribution < 1.29 is 32.6 Å². The third-order valence-electron chi connectivity index (χ3n) is 8.19. The molecule has 9 heteroatoms. The van der Waals surface area contributed by atoms with Gasteiger partial charge in [0.15, 0.2) is 0 Å². The number of fused-ring (bicyclic) bond motifs is 1. The number of para-hydroxylation sites is 1. The van der Waals surface area contributed by atoms with E-state index in [9.17, 15) is 23.2 Å². The van der Waals surface area contributed by atoms with Gasteiger partial charge in [-0.05, 0) is 54.5 Å². The molecule has 1 saturated heterocycles. The molecule has 214 valence electrons. The molecule has 1 aliphatic heterocycles. The first kappa shape index (κ1) is 28.3. The second kappa shape index (κ2) is 12.1. The van der Waals surface area contributed by atoms with E-state index in [1.165, 1.54) is 25.3 Å². The summed E-state index contributed by atoms with van der Waals surface area (Å²) in [4.78, 5) is 41.8. The fourth-order valence-corrected chi connectivity index (χ4v) is 6.20. The molecule has 5 rings (SSSR count). The van der Waals surface area contributed by atoms with E-state index in [-0.39, 0.29) is 29.2 Å². The number of nitrogens with zero attached hydrogens (tertiary/aromatic N) is 1. The van der Waals surface area contributed by atoms with Crippen molar-refractivity contribution in [2.24, 2.45) is 0 Å². The molecule has 0 saturated carbocycles. The highest BCUT2D eigenvalue weighted by atomic mass is 19.3. The second-order valence-corrected chi connectivity index (χ2v) is 10.4. The molecule has 2 aliphatic rings. The highest BCUT2D eigenvalue weighted by Crippen LogP contribution is 2.48. The van der Waals surface area contributed by atoms with Gasteiger partial charge in [-0.2, -0.15) is 8.78 Å². The Bertz CT molecular complexity index is 1410. The number of alkyl halides is 2. The number of likely N-dealkylation sites (tertiary alicyclic amines) is 1. The first-order valence-electron chi connectivity index (χ1n) is 13.7. The number of amides is 2. The molecule has 41 heavy (non-hydrogen) atoms. The maximum absolute atomic E-state index is 13.8. The summed E-state index contributed by atoms with van der Waals surface area (Å²) in [7, 11) is 1.39. The van der Waals surface area contributed by atoms with E-state index in [0.717, 1.165) is 16.7 Å². The van der Waals surface area contributed by atoms with Gasteiger partial charge >= 0.3 is 12.6 Å². The van der Waals surface area contributed by atoms with Crippen LogP contribution >= 0.6 is 0 Å². The molecule has 7 nitrogen and oxygen atoms in total. The van der Waals surface area contributed by atoms with E-state index in [1.54, 1.807) is 6.07 Å². The van der Waals surface area contributed by atoms with Gasteiger partial charge in [-0.3, -0.25) is 14.4 Å². The van der Waals surface area contributed by atoms with Crippen LogP contribution in [0.4, 0.5) is 8.78 Å². The zero-order chi connectivity index (χ0) is 29.0. The van der Waals surface area contributed by atoms with Crippen molar-refractivity contribution in [2.75, 3.05) is 20.2 Å². The van der Waals surface area contributed by atoms with Gasteiger partial charge in [0.1, 0.15) is 11.2 Å². The number of ether oxygens (including phenoxy) is 2. The van der Waals surface area contributed by atoms with Crippen molar-refractivity contribution in [3.63, 3.8) is 0 Å². The zero-order valence-corrected chi connectivity index (χ0v) is 22.7. The molecule has 0 radical (unpaired) electrons. The molecule has 0 unspecified atom stereocenters. The molecule has 3 aromatic carbocycles. The lowest BCUT2D eigenvalue weighted by atomic mass is 9.63. The second-order valence-electron chi connectivity index (χ2n) is 10.4. The van der Waals surface area contributed by atoms with Crippen LogP contribution in [-0.2, 0) is 19.7 Å². The van der Waals surface area contributed by atoms with Crippen molar-refractivity contribution in [3.05, 3.63) is 101 Å². The van der Waals surface area contributed by atoms with E-state index < -0.39 is 23.9 Å². The van der Waals surface area contributed by atoms with E-state index in [4.69, 9.17) is 4.74 Å². The van der Waals surface area contributed by atoms with Gasteiger partial charge in [0, 0.05) is 19.1 Å². The molecule has 2 atom stereocenters. The van der Waals surface area contributed by atoms with Gasteiger partial charge in [-0.25, -0.2) is 0 Å². The van der Waals surface area contributed by atoms with Crippen LogP contribution in [0, 0.1) is 0 Å². The van der Waals surface area contributed by atoms with E-state index in [0.29, 0.717) is 38.8 Å². The number of benzene rings is 3. The van der Waals surface area contributed by atoms with Gasteiger partial charge in [0.05, 0.1) is 18.6 Å². The number of rotatable bonds is 7. The average Bonchev–Trinajstić information content (AvgIpc) is 3.00. The average molecular weight is 563 g/mol. The van der Waals surface area contributed by atoms with Crippen LogP contribution in [0.2, 0.25) is 0 Å². The standard InChI is InChI=1S/C32H32F2N2O5/c1-40-30(39)32(21-9-3-2-4-10-21)18-15-24(23-11-5-7-13-26(23)32)29(38)36-19-16-22(17-20-36)35-28(37)25-12-6-8-14-27(25)41-31(33)34/h2-14,22,24,31H,15-20H2,1H3,(H,35,37)/t24-,32+/m1/s1. The first-order valence-corrected chi connectivity index (χ1v) is 13.7. The van der Waals surface area contributed by atoms with E-state index in [1.807, 2.05) is 59.5 Å². The SMILES string of the molecule is COC(=O)[C@]1(c2ccccc2)CC[C@@H](C(=O)N2CCC(NC(=O)c3ccccc3OC(F)F)CC2)c2ccccc21. The van der Waals surface area contributed by atoms with Crippen molar-refractivity contribution in [1.82, 2.24) is 10.2 Å². The van der Waals surface area contributed by atoms with Crippen molar-refractivity contribution >= 4 is 17.8 Å². The third kappa shape index (κ3) is 5.53. The van der Waals surface area contributed by atoms with Crippen LogP contribution in [0.15, 0.2) is 78.9 Å². The number of hydrogen-bond donors (Lipinski definition) is 1. The summed E-state index contributed by atoms with van der Waals surface area (Å²) >= 11 is 0. The number of nitrogens with one attached hydrogen (secondary N) is 1. The number of esters is 1. The zero-order valence-electron chi connectivity index (χ0n) is 22.7.